The van der Waals surface area contributed by atoms with Gasteiger partial charge in [0.15, 0.2) is 0 Å². The van der Waals surface area contributed by atoms with Crippen molar-refractivity contribution in [2.75, 3.05) is 0 Å². The van der Waals surface area contributed by atoms with Crippen molar-refractivity contribution in [3.05, 3.63) is 35.4 Å². The van der Waals surface area contributed by atoms with Crippen molar-refractivity contribution < 1.29 is 23.5 Å². The lowest BCUT2D eigenvalue weighted by Crippen LogP contribution is -2.45. The van der Waals surface area contributed by atoms with Crippen LogP contribution in [0.15, 0.2) is 18.2 Å². The highest BCUT2D eigenvalue weighted by Gasteiger charge is 2.27. The van der Waals surface area contributed by atoms with Gasteiger partial charge in [0.05, 0.1) is 6.42 Å². The normalized spacial score (nSPS) is 11.1. The molecule has 1 aromatic carbocycles. The van der Waals surface area contributed by atoms with E-state index >= 15 is 0 Å². The molecule has 0 radical (unpaired) electrons. The van der Waals surface area contributed by atoms with Crippen LogP contribution in [0.4, 0.5) is 8.78 Å². The van der Waals surface area contributed by atoms with Crippen LogP contribution in [0, 0.1) is 11.6 Å². The number of halogens is 2. The fraction of sp³-hybridized carbons (Fsp3) is 0.333. The van der Waals surface area contributed by atoms with Gasteiger partial charge < -0.3 is 10.4 Å². The van der Waals surface area contributed by atoms with Gasteiger partial charge in [0, 0.05) is 5.54 Å². The van der Waals surface area contributed by atoms with Crippen molar-refractivity contribution in [1.82, 2.24) is 5.32 Å². The van der Waals surface area contributed by atoms with Crippen LogP contribution in [-0.4, -0.2) is 22.5 Å². The Morgan fingerprint density at radius 1 is 1.28 bits per heavy atom. The molecular formula is C12H13F2NO3. The van der Waals surface area contributed by atoms with Crippen molar-refractivity contribution in [3.8, 4) is 0 Å². The third-order valence-electron chi connectivity index (χ3n) is 2.23. The van der Waals surface area contributed by atoms with Crippen molar-refractivity contribution >= 4 is 11.9 Å². The lowest BCUT2D eigenvalue weighted by Gasteiger charge is -2.24. The summed E-state index contributed by atoms with van der Waals surface area (Å²) in [6.07, 6.45) is -0.352. The maximum absolute atomic E-state index is 13.3. The molecule has 0 aromatic heterocycles. The first-order valence-electron chi connectivity index (χ1n) is 5.21. The predicted octanol–water partition coefficient (Wildman–Crippen LogP) is 1.95. The molecule has 1 rings (SSSR count). The number of amides is 1. The standard InChI is InChI=1S/C12H13F2NO3/c1-12(2,6-9(16)17)15-11(18)10-7(13)4-3-5-8(10)14/h3-5H,6H2,1-2H3,(H,15,18)(H,16,17). The molecule has 0 saturated heterocycles. The van der Waals surface area contributed by atoms with Crippen molar-refractivity contribution in [1.29, 1.82) is 0 Å². The number of nitrogens with one attached hydrogen (secondary N) is 1. The van der Waals surface area contributed by atoms with Crippen LogP contribution in [0.25, 0.3) is 0 Å². The second kappa shape index (κ2) is 5.12. The maximum Gasteiger partial charge on any atom is 0.305 e. The number of carbonyl (C=O) groups is 2. The molecule has 0 aliphatic heterocycles. The third kappa shape index (κ3) is 3.51. The summed E-state index contributed by atoms with van der Waals surface area (Å²) in [6.45, 7) is 2.91. The molecule has 0 spiro atoms. The van der Waals surface area contributed by atoms with E-state index in [1.54, 1.807) is 0 Å². The highest BCUT2D eigenvalue weighted by atomic mass is 19.1. The molecule has 4 nitrogen and oxygen atoms in total. The Balaban J connectivity index is 2.92. The summed E-state index contributed by atoms with van der Waals surface area (Å²) in [5, 5.41) is 10.9. The number of carbonyl (C=O) groups excluding carboxylic acids is 1. The Morgan fingerprint density at radius 2 is 1.78 bits per heavy atom. The van der Waals surface area contributed by atoms with E-state index < -0.39 is 34.6 Å². The van der Waals surface area contributed by atoms with Gasteiger partial charge in [-0.2, -0.15) is 0 Å². The quantitative estimate of drug-likeness (QED) is 0.866. The summed E-state index contributed by atoms with van der Waals surface area (Å²) in [5.41, 5.74) is -1.81. The summed E-state index contributed by atoms with van der Waals surface area (Å²) in [4.78, 5) is 22.3. The lowest BCUT2D eigenvalue weighted by atomic mass is 10.00. The number of aliphatic carboxylic acids is 1. The molecule has 18 heavy (non-hydrogen) atoms. The summed E-state index contributed by atoms with van der Waals surface area (Å²) in [7, 11) is 0. The van der Waals surface area contributed by atoms with E-state index in [9.17, 15) is 18.4 Å². The van der Waals surface area contributed by atoms with Crippen LogP contribution >= 0.6 is 0 Å². The number of carboxylic acids is 1. The summed E-state index contributed by atoms with van der Waals surface area (Å²) < 4.78 is 26.6. The number of benzene rings is 1. The van der Waals surface area contributed by atoms with Gasteiger partial charge in [-0.05, 0) is 26.0 Å². The largest absolute Gasteiger partial charge is 0.481 e. The number of hydrogen-bond donors (Lipinski definition) is 2. The van der Waals surface area contributed by atoms with Crippen LogP contribution < -0.4 is 5.32 Å². The predicted molar refractivity (Wildman–Crippen MR) is 60.2 cm³/mol. The number of rotatable bonds is 4. The zero-order valence-corrected chi connectivity index (χ0v) is 9.96. The highest BCUT2D eigenvalue weighted by molar-refractivity contribution is 5.95. The molecule has 0 bridgehead atoms. The van der Waals surface area contributed by atoms with E-state index in [4.69, 9.17) is 5.11 Å². The second-order valence-corrected chi connectivity index (χ2v) is 4.51. The zero-order chi connectivity index (χ0) is 13.9. The van der Waals surface area contributed by atoms with Gasteiger partial charge in [0.25, 0.3) is 5.91 Å². The summed E-state index contributed by atoms with van der Waals surface area (Å²) >= 11 is 0. The first-order chi connectivity index (χ1) is 8.23. The van der Waals surface area contributed by atoms with Gasteiger partial charge in [-0.15, -0.1) is 0 Å². The van der Waals surface area contributed by atoms with Crippen LogP contribution in [-0.2, 0) is 4.79 Å². The molecule has 0 saturated carbocycles. The minimum Gasteiger partial charge on any atom is -0.481 e. The molecule has 0 unspecified atom stereocenters. The van der Waals surface area contributed by atoms with Crippen molar-refractivity contribution in [3.63, 3.8) is 0 Å². The fourth-order valence-electron chi connectivity index (χ4n) is 1.51. The smallest absolute Gasteiger partial charge is 0.305 e. The Hall–Kier alpha value is -1.98. The Morgan fingerprint density at radius 3 is 2.22 bits per heavy atom. The fourth-order valence-corrected chi connectivity index (χ4v) is 1.51. The zero-order valence-electron chi connectivity index (χ0n) is 9.96. The van der Waals surface area contributed by atoms with Crippen molar-refractivity contribution in [2.24, 2.45) is 0 Å². The van der Waals surface area contributed by atoms with E-state index in [1.165, 1.54) is 13.8 Å². The molecule has 98 valence electrons. The molecule has 2 N–H and O–H groups in total. The average molecular weight is 257 g/mol. The summed E-state index contributed by atoms with van der Waals surface area (Å²) in [6, 6.07) is 3.06. The molecule has 6 heteroatoms. The third-order valence-corrected chi connectivity index (χ3v) is 2.23. The first kappa shape index (κ1) is 14.1. The Kier molecular flexibility index (Phi) is 4.00. The van der Waals surface area contributed by atoms with Crippen LogP contribution in [0.5, 0.6) is 0 Å². The van der Waals surface area contributed by atoms with E-state index in [0.29, 0.717) is 0 Å². The SMILES string of the molecule is CC(C)(CC(=O)O)NC(=O)c1c(F)cccc1F. The first-order valence-corrected chi connectivity index (χ1v) is 5.21. The van der Waals surface area contributed by atoms with Crippen LogP contribution in [0.3, 0.4) is 0 Å². The van der Waals surface area contributed by atoms with Crippen molar-refractivity contribution in [2.45, 2.75) is 25.8 Å². The Bertz CT molecular complexity index is 466. The topological polar surface area (TPSA) is 66.4 Å². The number of hydrogen-bond acceptors (Lipinski definition) is 2. The molecule has 1 aromatic rings. The molecule has 0 atom stereocenters. The van der Waals surface area contributed by atoms with E-state index in [1.807, 2.05) is 0 Å². The number of carboxylic acid groups (broad SMARTS) is 1. The maximum atomic E-state index is 13.3. The molecule has 1 amide bonds. The molecule has 0 heterocycles. The van der Waals surface area contributed by atoms with E-state index in [0.717, 1.165) is 18.2 Å². The molecule has 0 fully saturated rings. The highest BCUT2D eigenvalue weighted by Crippen LogP contribution is 2.15. The van der Waals surface area contributed by atoms with E-state index in [-0.39, 0.29) is 6.42 Å². The molecule has 0 aliphatic carbocycles. The molecule has 0 aliphatic rings. The molecular weight excluding hydrogens is 244 g/mol. The summed E-state index contributed by atoms with van der Waals surface area (Å²) in [5.74, 6) is -4.07. The lowest BCUT2D eigenvalue weighted by molar-refractivity contribution is -0.138. The minimum absolute atomic E-state index is 0.352. The van der Waals surface area contributed by atoms with Gasteiger partial charge in [-0.3, -0.25) is 9.59 Å². The van der Waals surface area contributed by atoms with Crippen LogP contribution in [0.1, 0.15) is 30.6 Å². The van der Waals surface area contributed by atoms with Crippen LogP contribution in [0.2, 0.25) is 0 Å². The van der Waals surface area contributed by atoms with E-state index in [2.05, 4.69) is 5.32 Å². The van der Waals surface area contributed by atoms with Gasteiger partial charge in [-0.25, -0.2) is 8.78 Å². The average Bonchev–Trinajstić information content (AvgIpc) is 2.13. The monoisotopic (exact) mass is 257 g/mol. The van der Waals surface area contributed by atoms with Gasteiger partial charge in [0.2, 0.25) is 0 Å². The second-order valence-electron chi connectivity index (χ2n) is 4.51. The van der Waals surface area contributed by atoms with Gasteiger partial charge in [-0.1, -0.05) is 6.07 Å². The van der Waals surface area contributed by atoms with Gasteiger partial charge >= 0.3 is 5.97 Å². The minimum atomic E-state index is -1.12. The van der Waals surface area contributed by atoms with Gasteiger partial charge in [0.1, 0.15) is 17.2 Å². The Labute approximate surface area is 103 Å².